The molecule has 3 aromatic rings. The Labute approximate surface area is 135 Å². The molecule has 3 heteroatoms. The number of rotatable bonds is 2. The standard InChI is InChI=1S/C20H18N2O/c1-3-11-22-14-21-19-13-17(9-10-18(19)20(22)23)8-7-16-6-4-5-15(2)12-16/h4-6,9-10,12-14H,3,11H2,1-2H3. The highest BCUT2D eigenvalue weighted by molar-refractivity contribution is 5.79. The number of aromatic nitrogens is 2. The van der Waals surface area contributed by atoms with E-state index in [4.69, 9.17) is 0 Å². The molecule has 1 aromatic heterocycles. The Balaban J connectivity index is 1.99. The molecule has 2 aromatic carbocycles. The first-order valence-corrected chi connectivity index (χ1v) is 7.75. The van der Waals surface area contributed by atoms with Crippen LogP contribution >= 0.6 is 0 Å². The van der Waals surface area contributed by atoms with Crippen LogP contribution in [0.2, 0.25) is 0 Å². The normalized spacial score (nSPS) is 10.3. The topological polar surface area (TPSA) is 34.9 Å². The molecule has 0 aliphatic heterocycles. The van der Waals surface area contributed by atoms with Gasteiger partial charge in [-0.05, 0) is 49.2 Å². The monoisotopic (exact) mass is 302 g/mol. The van der Waals surface area contributed by atoms with Crippen LogP contribution < -0.4 is 5.56 Å². The highest BCUT2D eigenvalue weighted by atomic mass is 16.1. The van der Waals surface area contributed by atoms with Crippen molar-refractivity contribution in [1.29, 1.82) is 0 Å². The van der Waals surface area contributed by atoms with E-state index in [0.717, 1.165) is 17.5 Å². The van der Waals surface area contributed by atoms with Crippen LogP contribution in [0.15, 0.2) is 53.6 Å². The summed E-state index contributed by atoms with van der Waals surface area (Å²) in [6.07, 6.45) is 2.53. The maximum Gasteiger partial charge on any atom is 0.261 e. The molecule has 3 rings (SSSR count). The van der Waals surface area contributed by atoms with Gasteiger partial charge in [-0.25, -0.2) is 4.98 Å². The molecule has 0 spiro atoms. The largest absolute Gasteiger partial charge is 0.299 e. The molecule has 1 heterocycles. The number of benzene rings is 2. The zero-order valence-electron chi connectivity index (χ0n) is 13.3. The van der Waals surface area contributed by atoms with Crippen LogP contribution in [0.3, 0.4) is 0 Å². The van der Waals surface area contributed by atoms with Crippen molar-refractivity contribution in [2.24, 2.45) is 0 Å². The van der Waals surface area contributed by atoms with Crippen LogP contribution in [0.5, 0.6) is 0 Å². The third kappa shape index (κ3) is 3.32. The van der Waals surface area contributed by atoms with Gasteiger partial charge in [0.05, 0.1) is 17.2 Å². The molecule has 114 valence electrons. The zero-order valence-corrected chi connectivity index (χ0v) is 13.3. The van der Waals surface area contributed by atoms with Gasteiger partial charge in [0.15, 0.2) is 0 Å². The van der Waals surface area contributed by atoms with Crippen molar-refractivity contribution in [3.05, 3.63) is 75.8 Å². The molecule has 0 N–H and O–H groups in total. The van der Waals surface area contributed by atoms with Gasteiger partial charge < -0.3 is 0 Å². The minimum atomic E-state index is 0.00930. The molecule has 0 aliphatic rings. The van der Waals surface area contributed by atoms with Crippen molar-refractivity contribution >= 4 is 10.9 Å². The van der Waals surface area contributed by atoms with Crippen LogP contribution in [0.4, 0.5) is 0 Å². The van der Waals surface area contributed by atoms with Crippen molar-refractivity contribution < 1.29 is 0 Å². The van der Waals surface area contributed by atoms with E-state index in [9.17, 15) is 4.79 Å². The second kappa shape index (κ2) is 6.50. The molecular weight excluding hydrogens is 284 g/mol. The highest BCUT2D eigenvalue weighted by Gasteiger charge is 2.03. The maximum absolute atomic E-state index is 12.3. The van der Waals surface area contributed by atoms with E-state index in [1.807, 2.05) is 50.2 Å². The Morgan fingerprint density at radius 1 is 1.09 bits per heavy atom. The summed E-state index contributed by atoms with van der Waals surface area (Å²) in [5.41, 5.74) is 3.73. The van der Waals surface area contributed by atoms with Crippen molar-refractivity contribution in [3.63, 3.8) is 0 Å². The summed E-state index contributed by atoms with van der Waals surface area (Å²) in [5, 5.41) is 0.641. The summed E-state index contributed by atoms with van der Waals surface area (Å²) in [5.74, 6) is 6.29. The third-order valence-corrected chi connectivity index (χ3v) is 3.66. The summed E-state index contributed by atoms with van der Waals surface area (Å²) in [6.45, 7) is 4.78. The first kappa shape index (κ1) is 15.1. The first-order chi connectivity index (χ1) is 11.2. The summed E-state index contributed by atoms with van der Waals surface area (Å²) in [4.78, 5) is 16.7. The Morgan fingerprint density at radius 2 is 1.87 bits per heavy atom. The molecule has 23 heavy (non-hydrogen) atoms. The molecule has 0 radical (unpaired) electrons. The number of aryl methyl sites for hydroxylation is 2. The molecule has 0 amide bonds. The molecule has 0 unspecified atom stereocenters. The van der Waals surface area contributed by atoms with Crippen LogP contribution in [-0.4, -0.2) is 9.55 Å². The fraction of sp³-hybridized carbons (Fsp3) is 0.200. The predicted octanol–water partition coefficient (Wildman–Crippen LogP) is 3.51. The minimum Gasteiger partial charge on any atom is -0.299 e. The van der Waals surface area contributed by atoms with Gasteiger partial charge in [0.2, 0.25) is 0 Å². The lowest BCUT2D eigenvalue weighted by Gasteiger charge is -2.04. The second-order valence-electron chi connectivity index (χ2n) is 5.59. The maximum atomic E-state index is 12.3. The molecular formula is C20H18N2O. The average molecular weight is 302 g/mol. The van der Waals surface area contributed by atoms with Gasteiger partial charge in [0.25, 0.3) is 5.56 Å². The molecule has 0 bridgehead atoms. The fourth-order valence-corrected chi connectivity index (χ4v) is 2.50. The van der Waals surface area contributed by atoms with E-state index in [0.29, 0.717) is 17.4 Å². The van der Waals surface area contributed by atoms with E-state index in [-0.39, 0.29) is 5.56 Å². The number of nitrogens with zero attached hydrogens (tertiary/aromatic N) is 2. The second-order valence-corrected chi connectivity index (χ2v) is 5.59. The van der Waals surface area contributed by atoms with Gasteiger partial charge in [0.1, 0.15) is 0 Å². The van der Waals surface area contributed by atoms with E-state index in [2.05, 4.69) is 22.9 Å². The highest BCUT2D eigenvalue weighted by Crippen LogP contribution is 2.10. The number of fused-ring (bicyclic) bond motifs is 1. The summed E-state index contributed by atoms with van der Waals surface area (Å²) >= 11 is 0. The molecule has 0 saturated carbocycles. The Kier molecular flexibility index (Phi) is 4.25. The smallest absolute Gasteiger partial charge is 0.261 e. The van der Waals surface area contributed by atoms with Crippen LogP contribution in [0.25, 0.3) is 10.9 Å². The molecule has 0 fully saturated rings. The lowest BCUT2D eigenvalue weighted by atomic mass is 10.1. The summed E-state index contributed by atoms with van der Waals surface area (Å²) < 4.78 is 1.65. The summed E-state index contributed by atoms with van der Waals surface area (Å²) in [6, 6.07) is 13.7. The van der Waals surface area contributed by atoms with Gasteiger partial charge in [-0.1, -0.05) is 30.9 Å². The molecule has 0 aliphatic carbocycles. The lowest BCUT2D eigenvalue weighted by molar-refractivity contribution is 0.648. The Morgan fingerprint density at radius 3 is 2.61 bits per heavy atom. The van der Waals surface area contributed by atoms with E-state index < -0.39 is 0 Å². The van der Waals surface area contributed by atoms with Gasteiger partial charge in [-0.2, -0.15) is 0 Å². The number of hydrogen-bond acceptors (Lipinski definition) is 2. The zero-order chi connectivity index (χ0) is 16.2. The fourth-order valence-electron chi connectivity index (χ4n) is 2.50. The van der Waals surface area contributed by atoms with Crippen molar-refractivity contribution in [1.82, 2.24) is 9.55 Å². The average Bonchev–Trinajstić information content (AvgIpc) is 2.56. The van der Waals surface area contributed by atoms with Gasteiger partial charge in [0, 0.05) is 17.7 Å². The SMILES string of the molecule is CCCn1cnc2cc(C#Cc3cccc(C)c3)ccc2c1=O. The van der Waals surface area contributed by atoms with E-state index in [1.165, 1.54) is 5.56 Å². The van der Waals surface area contributed by atoms with Crippen LogP contribution in [-0.2, 0) is 6.54 Å². The first-order valence-electron chi connectivity index (χ1n) is 7.75. The molecule has 0 saturated heterocycles. The molecule has 0 atom stereocenters. The van der Waals surface area contributed by atoms with Gasteiger partial charge >= 0.3 is 0 Å². The number of hydrogen-bond donors (Lipinski definition) is 0. The minimum absolute atomic E-state index is 0.00930. The Bertz CT molecular complexity index is 974. The molecule has 3 nitrogen and oxygen atoms in total. The van der Waals surface area contributed by atoms with Crippen molar-refractivity contribution in [2.75, 3.05) is 0 Å². The lowest BCUT2D eigenvalue weighted by Crippen LogP contribution is -2.20. The van der Waals surface area contributed by atoms with Crippen molar-refractivity contribution in [2.45, 2.75) is 26.8 Å². The Hall–Kier alpha value is -2.86. The van der Waals surface area contributed by atoms with Crippen LogP contribution in [0, 0.1) is 18.8 Å². The quantitative estimate of drug-likeness (QED) is 0.679. The third-order valence-electron chi connectivity index (χ3n) is 3.66. The van der Waals surface area contributed by atoms with Gasteiger partial charge in [-0.15, -0.1) is 0 Å². The van der Waals surface area contributed by atoms with Crippen molar-refractivity contribution in [3.8, 4) is 11.8 Å². The predicted molar refractivity (Wildman–Crippen MR) is 93.5 cm³/mol. The van der Waals surface area contributed by atoms with Gasteiger partial charge in [-0.3, -0.25) is 9.36 Å². The van der Waals surface area contributed by atoms with E-state index >= 15 is 0 Å². The van der Waals surface area contributed by atoms with E-state index in [1.54, 1.807) is 10.9 Å². The van der Waals surface area contributed by atoms with Crippen LogP contribution in [0.1, 0.15) is 30.0 Å². The summed E-state index contributed by atoms with van der Waals surface area (Å²) in [7, 11) is 0.